The van der Waals surface area contributed by atoms with Crippen LogP contribution < -0.4 is 16.0 Å². The molecule has 19 heavy (non-hydrogen) atoms. The standard InChI is InChI=1S/C11H21N3O5/c1-7(10(16)17)8(2)14-11(18)13-6-9(15)12-4-5-19-3/h7-8H,4-6H2,1-3H3,(H,12,15)(H,16,17)(H2,13,14,18). The average molecular weight is 275 g/mol. The molecule has 8 heteroatoms. The minimum atomic E-state index is -0.995. The van der Waals surface area contributed by atoms with Gasteiger partial charge in [0.25, 0.3) is 0 Å². The van der Waals surface area contributed by atoms with Gasteiger partial charge in [0.1, 0.15) is 0 Å². The number of carboxylic acid groups (broad SMARTS) is 1. The number of rotatable bonds is 8. The smallest absolute Gasteiger partial charge is 0.315 e. The number of hydrogen-bond donors (Lipinski definition) is 4. The van der Waals surface area contributed by atoms with Gasteiger partial charge in [0, 0.05) is 19.7 Å². The normalized spacial score (nSPS) is 13.2. The van der Waals surface area contributed by atoms with Crippen LogP contribution in [0.25, 0.3) is 0 Å². The Morgan fingerprint density at radius 1 is 1.21 bits per heavy atom. The molecule has 0 radical (unpaired) electrons. The first kappa shape index (κ1) is 17.2. The third kappa shape index (κ3) is 7.98. The monoisotopic (exact) mass is 275 g/mol. The molecule has 0 aromatic rings. The van der Waals surface area contributed by atoms with Crippen molar-refractivity contribution in [2.24, 2.45) is 5.92 Å². The highest BCUT2D eigenvalue weighted by molar-refractivity contribution is 5.84. The highest BCUT2D eigenvalue weighted by atomic mass is 16.5. The zero-order chi connectivity index (χ0) is 14.8. The molecular weight excluding hydrogens is 254 g/mol. The minimum Gasteiger partial charge on any atom is -0.481 e. The average Bonchev–Trinajstić information content (AvgIpc) is 2.35. The fourth-order valence-corrected chi connectivity index (χ4v) is 1.11. The fourth-order valence-electron chi connectivity index (χ4n) is 1.11. The summed E-state index contributed by atoms with van der Waals surface area (Å²) in [6.45, 7) is 3.65. The molecule has 0 heterocycles. The van der Waals surface area contributed by atoms with Crippen LogP contribution in [0.5, 0.6) is 0 Å². The zero-order valence-electron chi connectivity index (χ0n) is 11.4. The predicted molar refractivity (Wildman–Crippen MR) is 67.7 cm³/mol. The van der Waals surface area contributed by atoms with Crippen molar-refractivity contribution in [2.45, 2.75) is 19.9 Å². The van der Waals surface area contributed by atoms with Gasteiger partial charge in [-0.3, -0.25) is 9.59 Å². The molecule has 0 spiro atoms. The Bertz CT molecular complexity index is 321. The molecule has 0 saturated heterocycles. The van der Waals surface area contributed by atoms with E-state index in [1.165, 1.54) is 14.0 Å². The maximum absolute atomic E-state index is 11.4. The van der Waals surface area contributed by atoms with Crippen LogP contribution in [-0.4, -0.2) is 55.9 Å². The molecule has 110 valence electrons. The van der Waals surface area contributed by atoms with E-state index in [1.54, 1.807) is 6.92 Å². The quantitative estimate of drug-likeness (QED) is 0.431. The highest BCUT2D eigenvalue weighted by Gasteiger charge is 2.20. The van der Waals surface area contributed by atoms with E-state index >= 15 is 0 Å². The summed E-state index contributed by atoms with van der Waals surface area (Å²) in [5, 5.41) is 16.1. The number of nitrogens with one attached hydrogen (secondary N) is 3. The Morgan fingerprint density at radius 2 is 1.84 bits per heavy atom. The summed E-state index contributed by atoms with van der Waals surface area (Å²) in [7, 11) is 1.52. The van der Waals surface area contributed by atoms with Crippen LogP contribution in [0, 0.1) is 5.92 Å². The summed E-state index contributed by atoms with van der Waals surface area (Å²) >= 11 is 0. The number of hydrogen-bond acceptors (Lipinski definition) is 4. The lowest BCUT2D eigenvalue weighted by atomic mass is 10.0. The zero-order valence-corrected chi connectivity index (χ0v) is 11.4. The lowest BCUT2D eigenvalue weighted by Gasteiger charge is -2.18. The van der Waals surface area contributed by atoms with Crippen molar-refractivity contribution >= 4 is 17.9 Å². The maximum Gasteiger partial charge on any atom is 0.315 e. The lowest BCUT2D eigenvalue weighted by molar-refractivity contribution is -0.141. The Labute approximate surface area is 111 Å². The Morgan fingerprint density at radius 3 is 2.37 bits per heavy atom. The number of carboxylic acids is 1. The molecule has 0 rings (SSSR count). The molecule has 0 bridgehead atoms. The molecule has 0 saturated carbocycles. The van der Waals surface area contributed by atoms with Gasteiger partial charge in [-0.1, -0.05) is 0 Å². The van der Waals surface area contributed by atoms with Crippen molar-refractivity contribution in [3.8, 4) is 0 Å². The largest absolute Gasteiger partial charge is 0.481 e. The molecule has 0 aliphatic heterocycles. The number of amides is 3. The second kappa shape index (κ2) is 9.15. The summed E-state index contributed by atoms with van der Waals surface area (Å²) < 4.78 is 4.75. The third-order valence-corrected chi connectivity index (χ3v) is 2.54. The molecule has 2 atom stereocenters. The van der Waals surface area contributed by atoms with E-state index in [1.807, 2.05) is 0 Å². The van der Waals surface area contributed by atoms with Crippen LogP contribution in [0.1, 0.15) is 13.8 Å². The van der Waals surface area contributed by atoms with E-state index in [0.717, 1.165) is 0 Å². The Balaban J connectivity index is 3.86. The van der Waals surface area contributed by atoms with Crippen LogP contribution in [0.4, 0.5) is 4.79 Å². The number of urea groups is 1. The number of ether oxygens (including phenoxy) is 1. The van der Waals surface area contributed by atoms with E-state index < -0.39 is 24.0 Å². The molecule has 3 amide bonds. The molecule has 8 nitrogen and oxygen atoms in total. The number of carbonyl (C=O) groups is 3. The first-order valence-corrected chi connectivity index (χ1v) is 5.91. The molecule has 4 N–H and O–H groups in total. The van der Waals surface area contributed by atoms with Crippen molar-refractivity contribution in [1.82, 2.24) is 16.0 Å². The second-order valence-electron chi connectivity index (χ2n) is 4.09. The van der Waals surface area contributed by atoms with Crippen molar-refractivity contribution < 1.29 is 24.2 Å². The van der Waals surface area contributed by atoms with E-state index in [-0.39, 0.29) is 12.5 Å². The van der Waals surface area contributed by atoms with Crippen molar-refractivity contribution in [1.29, 1.82) is 0 Å². The molecular formula is C11H21N3O5. The topological polar surface area (TPSA) is 117 Å². The maximum atomic E-state index is 11.4. The van der Waals surface area contributed by atoms with Gasteiger partial charge in [-0.25, -0.2) is 4.79 Å². The Kier molecular flexibility index (Phi) is 8.27. The minimum absolute atomic E-state index is 0.177. The first-order chi connectivity index (χ1) is 8.88. The number of methoxy groups -OCH3 is 1. The molecule has 0 aliphatic rings. The van der Waals surface area contributed by atoms with Gasteiger partial charge in [-0.2, -0.15) is 0 Å². The first-order valence-electron chi connectivity index (χ1n) is 5.91. The van der Waals surface area contributed by atoms with Crippen LogP contribution in [0.2, 0.25) is 0 Å². The molecule has 0 aromatic heterocycles. The summed E-state index contributed by atoms with van der Waals surface area (Å²) in [6, 6.07) is -1.11. The van der Waals surface area contributed by atoms with E-state index in [2.05, 4.69) is 16.0 Å². The second-order valence-corrected chi connectivity index (χ2v) is 4.09. The van der Waals surface area contributed by atoms with Gasteiger partial charge < -0.3 is 25.8 Å². The van der Waals surface area contributed by atoms with Crippen LogP contribution in [0.15, 0.2) is 0 Å². The van der Waals surface area contributed by atoms with Gasteiger partial charge in [0.15, 0.2) is 0 Å². The van der Waals surface area contributed by atoms with Crippen LogP contribution >= 0.6 is 0 Å². The highest BCUT2D eigenvalue weighted by Crippen LogP contribution is 2.01. The SMILES string of the molecule is COCCNC(=O)CNC(=O)NC(C)C(C)C(=O)O. The summed E-state index contributed by atoms with van der Waals surface area (Å²) in [5.74, 6) is -2.04. The van der Waals surface area contributed by atoms with Gasteiger partial charge in [-0.15, -0.1) is 0 Å². The van der Waals surface area contributed by atoms with E-state index in [0.29, 0.717) is 13.2 Å². The van der Waals surface area contributed by atoms with E-state index in [4.69, 9.17) is 9.84 Å². The van der Waals surface area contributed by atoms with Gasteiger partial charge >= 0.3 is 12.0 Å². The fraction of sp³-hybridized carbons (Fsp3) is 0.727. The lowest BCUT2D eigenvalue weighted by Crippen LogP contribution is -2.48. The molecule has 2 unspecified atom stereocenters. The molecule has 0 fully saturated rings. The predicted octanol–water partition coefficient (Wildman–Crippen LogP) is -0.843. The van der Waals surface area contributed by atoms with E-state index in [9.17, 15) is 14.4 Å². The summed E-state index contributed by atoms with van der Waals surface area (Å²) in [4.78, 5) is 33.3. The van der Waals surface area contributed by atoms with Gasteiger partial charge in [0.05, 0.1) is 19.1 Å². The van der Waals surface area contributed by atoms with Crippen LogP contribution in [0.3, 0.4) is 0 Å². The van der Waals surface area contributed by atoms with Gasteiger partial charge in [0.2, 0.25) is 5.91 Å². The van der Waals surface area contributed by atoms with Crippen molar-refractivity contribution in [3.63, 3.8) is 0 Å². The van der Waals surface area contributed by atoms with Crippen LogP contribution in [-0.2, 0) is 14.3 Å². The third-order valence-electron chi connectivity index (χ3n) is 2.54. The Hall–Kier alpha value is -1.83. The number of carbonyl (C=O) groups excluding carboxylic acids is 2. The van der Waals surface area contributed by atoms with Crippen molar-refractivity contribution in [2.75, 3.05) is 26.8 Å². The van der Waals surface area contributed by atoms with Crippen molar-refractivity contribution in [3.05, 3.63) is 0 Å². The molecule has 0 aromatic carbocycles. The number of aliphatic carboxylic acids is 1. The summed E-state index contributed by atoms with van der Waals surface area (Å²) in [6.07, 6.45) is 0. The summed E-state index contributed by atoms with van der Waals surface area (Å²) in [5.41, 5.74) is 0. The van der Waals surface area contributed by atoms with Gasteiger partial charge in [-0.05, 0) is 13.8 Å². The molecule has 0 aliphatic carbocycles.